The highest BCUT2D eigenvalue weighted by atomic mass is 79.9. The molecule has 1 N–H and O–H groups in total. The maximum Gasteiger partial charge on any atom is 0.343 e. The van der Waals surface area contributed by atoms with E-state index in [2.05, 4.69) is 40.2 Å². The molecule has 0 saturated heterocycles. The van der Waals surface area contributed by atoms with Crippen LogP contribution in [0.2, 0.25) is 0 Å². The molecule has 33 heavy (non-hydrogen) atoms. The molecule has 0 aliphatic rings. The van der Waals surface area contributed by atoms with Gasteiger partial charge in [0.15, 0.2) is 0 Å². The minimum absolute atomic E-state index is 0.0141. The highest BCUT2D eigenvalue weighted by molar-refractivity contribution is 9.10. The lowest BCUT2D eigenvalue weighted by Gasteiger charge is -2.19. The van der Waals surface area contributed by atoms with Gasteiger partial charge in [0, 0.05) is 10.4 Å². The van der Waals surface area contributed by atoms with Crippen LogP contribution in [-0.2, 0) is 6.42 Å². The van der Waals surface area contributed by atoms with Crippen LogP contribution < -0.4 is 5.63 Å². The van der Waals surface area contributed by atoms with Crippen LogP contribution >= 0.6 is 15.9 Å². The third-order valence-electron chi connectivity index (χ3n) is 5.94. The molecule has 0 fully saturated rings. The topological polar surface area (TPSA) is 50.4 Å². The third-order valence-corrected chi connectivity index (χ3v) is 6.47. The van der Waals surface area contributed by atoms with E-state index < -0.39 is 5.63 Å². The van der Waals surface area contributed by atoms with E-state index in [0.717, 1.165) is 26.7 Å². The second kappa shape index (κ2) is 9.08. The van der Waals surface area contributed by atoms with Gasteiger partial charge in [-0.15, -0.1) is 0 Å². The summed E-state index contributed by atoms with van der Waals surface area (Å²) >= 11 is 3.47. The van der Waals surface area contributed by atoms with Crippen molar-refractivity contribution in [1.29, 1.82) is 0 Å². The SMILES string of the molecule is O=c1oc2ccccc2c(O)c1C(Cc1ccccc1)c1ccc(-c2ccc(Br)cc2)cc1. The zero-order valence-electron chi connectivity index (χ0n) is 17.7. The zero-order chi connectivity index (χ0) is 22.8. The van der Waals surface area contributed by atoms with E-state index >= 15 is 0 Å². The first-order chi connectivity index (χ1) is 16.1. The molecule has 5 aromatic rings. The molecule has 4 heteroatoms. The summed E-state index contributed by atoms with van der Waals surface area (Å²) in [6.45, 7) is 0. The molecule has 0 radical (unpaired) electrons. The van der Waals surface area contributed by atoms with Gasteiger partial charge in [-0.05, 0) is 52.9 Å². The number of rotatable bonds is 5. The Hall–Kier alpha value is -3.63. The minimum atomic E-state index is -0.510. The Kier molecular flexibility index (Phi) is 5.84. The fourth-order valence-corrected chi connectivity index (χ4v) is 4.51. The highest BCUT2D eigenvalue weighted by Gasteiger charge is 2.25. The van der Waals surface area contributed by atoms with Crippen molar-refractivity contribution in [2.75, 3.05) is 0 Å². The molecule has 0 spiro atoms. The molecule has 0 bridgehead atoms. The number of hydrogen-bond acceptors (Lipinski definition) is 3. The van der Waals surface area contributed by atoms with Crippen LogP contribution in [0.5, 0.6) is 5.75 Å². The van der Waals surface area contributed by atoms with E-state index in [0.29, 0.717) is 17.4 Å². The van der Waals surface area contributed by atoms with Gasteiger partial charge < -0.3 is 9.52 Å². The molecule has 0 saturated carbocycles. The van der Waals surface area contributed by atoms with Crippen LogP contribution in [0, 0.1) is 0 Å². The van der Waals surface area contributed by atoms with Crippen LogP contribution in [0.4, 0.5) is 0 Å². The summed E-state index contributed by atoms with van der Waals surface area (Å²) in [5.74, 6) is -0.369. The van der Waals surface area contributed by atoms with Crippen molar-refractivity contribution in [2.24, 2.45) is 0 Å². The summed E-state index contributed by atoms with van der Waals surface area (Å²) in [6.07, 6.45) is 0.565. The monoisotopic (exact) mass is 496 g/mol. The number of benzene rings is 4. The van der Waals surface area contributed by atoms with E-state index in [1.807, 2.05) is 60.7 Å². The Bertz CT molecular complexity index is 1450. The normalized spacial score (nSPS) is 12.0. The molecule has 3 nitrogen and oxygen atoms in total. The third kappa shape index (κ3) is 4.35. The van der Waals surface area contributed by atoms with Gasteiger partial charge in [-0.3, -0.25) is 0 Å². The van der Waals surface area contributed by atoms with Crippen molar-refractivity contribution in [3.63, 3.8) is 0 Å². The lowest BCUT2D eigenvalue weighted by atomic mass is 9.85. The van der Waals surface area contributed by atoms with Gasteiger partial charge >= 0.3 is 5.63 Å². The van der Waals surface area contributed by atoms with E-state index in [1.165, 1.54) is 0 Å². The molecule has 0 aliphatic carbocycles. The van der Waals surface area contributed by atoms with Gasteiger partial charge in [0.05, 0.1) is 10.9 Å². The van der Waals surface area contributed by atoms with Crippen molar-refractivity contribution < 1.29 is 9.52 Å². The molecular weight excluding hydrogens is 476 g/mol. The lowest BCUT2D eigenvalue weighted by Crippen LogP contribution is -2.16. The van der Waals surface area contributed by atoms with Crippen LogP contribution in [0.15, 0.2) is 117 Å². The molecule has 1 atom stereocenters. The van der Waals surface area contributed by atoms with Gasteiger partial charge in [0.2, 0.25) is 0 Å². The molecular formula is C29H21BrO3. The van der Waals surface area contributed by atoms with Crippen molar-refractivity contribution in [2.45, 2.75) is 12.3 Å². The average Bonchev–Trinajstić information content (AvgIpc) is 2.85. The maximum atomic E-state index is 13.0. The average molecular weight is 497 g/mol. The van der Waals surface area contributed by atoms with Crippen molar-refractivity contribution in [1.82, 2.24) is 0 Å². The van der Waals surface area contributed by atoms with Crippen molar-refractivity contribution >= 4 is 26.9 Å². The summed E-state index contributed by atoms with van der Waals surface area (Å²) in [5, 5.41) is 11.7. The van der Waals surface area contributed by atoms with Crippen LogP contribution in [-0.4, -0.2) is 5.11 Å². The van der Waals surface area contributed by atoms with E-state index in [1.54, 1.807) is 18.2 Å². The first kappa shape index (κ1) is 21.2. The number of fused-ring (bicyclic) bond motifs is 1. The first-order valence-electron chi connectivity index (χ1n) is 10.7. The van der Waals surface area contributed by atoms with E-state index in [9.17, 15) is 9.90 Å². The fourth-order valence-electron chi connectivity index (χ4n) is 4.24. The Morgan fingerprint density at radius 1 is 0.758 bits per heavy atom. The lowest BCUT2D eigenvalue weighted by molar-refractivity contribution is 0.451. The van der Waals surface area contributed by atoms with E-state index in [-0.39, 0.29) is 17.2 Å². The molecule has 162 valence electrons. The number of aromatic hydroxyl groups is 1. The molecule has 1 unspecified atom stereocenters. The Labute approximate surface area is 200 Å². The van der Waals surface area contributed by atoms with Crippen molar-refractivity contribution in [3.05, 3.63) is 135 Å². The van der Waals surface area contributed by atoms with Gasteiger partial charge in [-0.2, -0.15) is 0 Å². The van der Waals surface area contributed by atoms with E-state index in [4.69, 9.17) is 4.42 Å². The maximum absolute atomic E-state index is 13.0. The van der Waals surface area contributed by atoms with Crippen molar-refractivity contribution in [3.8, 4) is 16.9 Å². The van der Waals surface area contributed by atoms with Gasteiger partial charge in [0.25, 0.3) is 0 Å². The smallest absolute Gasteiger partial charge is 0.343 e. The molecule has 0 amide bonds. The quantitative estimate of drug-likeness (QED) is 0.259. The Morgan fingerprint density at radius 2 is 1.36 bits per heavy atom. The summed E-state index contributed by atoms with van der Waals surface area (Å²) in [4.78, 5) is 13.0. The fraction of sp³-hybridized carbons (Fsp3) is 0.0690. The van der Waals surface area contributed by atoms with Gasteiger partial charge in [0.1, 0.15) is 11.3 Å². The second-order valence-electron chi connectivity index (χ2n) is 8.02. The minimum Gasteiger partial charge on any atom is -0.507 e. The highest BCUT2D eigenvalue weighted by Crippen LogP contribution is 2.37. The molecule has 1 aromatic heterocycles. The van der Waals surface area contributed by atoms with Crippen LogP contribution in [0.25, 0.3) is 22.1 Å². The molecule has 0 aliphatic heterocycles. The molecule has 5 rings (SSSR count). The van der Waals surface area contributed by atoms with Crippen LogP contribution in [0.1, 0.15) is 22.6 Å². The molecule has 4 aromatic carbocycles. The zero-order valence-corrected chi connectivity index (χ0v) is 19.3. The number of para-hydroxylation sites is 1. The number of halogens is 1. The number of hydrogen-bond donors (Lipinski definition) is 1. The Morgan fingerprint density at radius 3 is 2.06 bits per heavy atom. The summed E-state index contributed by atoms with van der Waals surface area (Å²) in [7, 11) is 0. The standard InChI is InChI=1S/C29H21BrO3/c30-23-16-14-21(15-17-23)20-10-12-22(13-11-20)25(18-19-6-2-1-3-7-19)27-28(31)24-8-4-5-9-26(24)33-29(27)32/h1-17,25,31H,18H2. The second-order valence-corrected chi connectivity index (χ2v) is 8.93. The predicted molar refractivity (Wildman–Crippen MR) is 136 cm³/mol. The van der Waals surface area contributed by atoms with Crippen LogP contribution in [0.3, 0.4) is 0 Å². The predicted octanol–water partition coefficient (Wildman–Crippen LogP) is 7.30. The van der Waals surface area contributed by atoms with Gasteiger partial charge in [-0.25, -0.2) is 4.79 Å². The first-order valence-corrected chi connectivity index (χ1v) is 11.5. The largest absolute Gasteiger partial charge is 0.507 e. The summed E-state index contributed by atoms with van der Waals surface area (Å²) in [5.41, 5.74) is 4.37. The summed E-state index contributed by atoms with van der Waals surface area (Å²) in [6, 6.07) is 33.4. The Balaban J connectivity index is 1.62. The molecule has 1 heterocycles. The van der Waals surface area contributed by atoms with Gasteiger partial charge in [-0.1, -0.05) is 94.8 Å². The summed E-state index contributed by atoms with van der Waals surface area (Å²) < 4.78 is 6.63.